The number of phenols is 1. The highest BCUT2D eigenvalue weighted by Crippen LogP contribution is 2.36. The summed E-state index contributed by atoms with van der Waals surface area (Å²) in [5.41, 5.74) is 0.502. The van der Waals surface area contributed by atoms with E-state index in [1.165, 1.54) is 12.1 Å². The molecule has 7 heteroatoms. The minimum atomic E-state index is -4.73. The van der Waals surface area contributed by atoms with E-state index >= 15 is 0 Å². The molecule has 1 heterocycles. The number of rotatable bonds is 6. The quantitative estimate of drug-likeness (QED) is 0.838. The monoisotopic (exact) mass is 332 g/mol. The first kappa shape index (κ1) is 17.9. The molecule has 0 radical (unpaired) electrons. The topological polar surface area (TPSA) is 44.7 Å². The van der Waals surface area contributed by atoms with Crippen LogP contribution in [0.25, 0.3) is 0 Å². The van der Waals surface area contributed by atoms with Crippen LogP contribution < -0.4 is 10.1 Å². The van der Waals surface area contributed by atoms with Crippen LogP contribution >= 0.6 is 0 Å². The van der Waals surface area contributed by atoms with Gasteiger partial charge in [-0.15, -0.1) is 13.2 Å². The number of aromatic hydroxyl groups is 1. The fraction of sp³-hybridized carbons (Fsp3) is 0.625. The second-order valence-electron chi connectivity index (χ2n) is 5.71. The predicted molar refractivity (Wildman–Crippen MR) is 81.5 cm³/mol. The molecule has 2 rings (SSSR count). The predicted octanol–water partition coefficient (Wildman–Crippen LogP) is 3.43. The van der Waals surface area contributed by atoms with Gasteiger partial charge in [0, 0.05) is 37.8 Å². The Labute approximate surface area is 134 Å². The smallest absolute Gasteiger partial charge is 0.508 e. The molecule has 0 aromatic heterocycles. The molecule has 1 saturated heterocycles. The first-order valence-electron chi connectivity index (χ1n) is 7.94. The Morgan fingerprint density at radius 1 is 1.30 bits per heavy atom. The highest BCUT2D eigenvalue weighted by atomic mass is 19.4. The molecular formula is C16H23F3N2O2. The second-order valence-corrected chi connectivity index (χ2v) is 5.71. The summed E-state index contributed by atoms with van der Waals surface area (Å²) < 4.78 is 41.3. The number of alkyl halides is 3. The van der Waals surface area contributed by atoms with Gasteiger partial charge in [0.05, 0.1) is 0 Å². The van der Waals surface area contributed by atoms with Crippen molar-refractivity contribution in [1.82, 2.24) is 10.2 Å². The molecule has 0 bridgehead atoms. The van der Waals surface area contributed by atoms with E-state index in [1.807, 2.05) is 0 Å². The summed E-state index contributed by atoms with van der Waals surface area (Å²) in [5, 5.41) is 13.4. The highest BCUT2D eigenvalue weighted by Gasteiger charge is 2.32. The van der Waals surface area contributed by atoms with E-state index in [4.69, 9.17) is 0 Å². The average molecular weight is 332 g/mol. The number of halogens is 3. The van der Waals surface area contributed by atoms with Crippen molar-refractivity contribution in [2.75, 3.05) is 26.2 Å². The van der Waals surface area contributed by atoms with E-state index in [0.717, 1.165) is 51.5 Å². The third-order valence-electron chi connectivity index (χ3n) is 4.02. The molecule has 0 amide bonds. The van der Waals surface area contributed by atoms with Crippen molar-refractivity contribution in [3.8, 4) is 11.5 Å². The largest absolute Gasteiger partial charge is 0.573 e. The molecule has 1 atom stereocenters. The van der Waals surface area contributed by atoms with E-state index in [-0.39, 0.29) is 17.5 Å². The molecule has 0 spiro atoms. The SMILES string of the molecule is CCCC[C@@H](c1cc(OC(F)(F)F)ccc1O)N1CCNCC1. The number of ether oxygens (including phenoxy) is 1. The molecule has 1 aromatic carbocycles. The maximum absolute atomic E-state index is 12.4. The number of unbranched alkanes of at least 4 members (excludes halogenated alkanes) is 1. The molecule has 1 aromatic rings. The van der Waals surface area contributed by atoms with E-state index in [9.17, 15) is 18.3 Å². The van der Waals surface area contributed by atoms with Crippen LogP contribution in [0.15, 0.2) is 18.2 Å². The normalized spacial score (nSPS) is 17.9. The first-order valence-corrected chi connectivity index (χ1v) is 7.94. The van der Waals surface area contributed by atoms with Crippen LogP contribution in [0.4, 0.5) is 13.2 Å². The van der Waals surface area contributed by atoms with Crippen LogP contribution in [0.2, 0.25) is 0 Å². The Morgan fingerprint density at radius 2 is 2.00 bits per heavy atom. The molecule has 1 aliphatic heterocycles. The average Bonchev–Trinajstić information content (AvgIpc) is 2.50. The van der Waals surface area contributed by atoms with E-state index in [2.05, 4.69) is 21.9 Å². The zero-order valence-electron chi connectivity index (χ0n) is 13.2. The van der Waals surface area contributed by atoms with Crippen LogP contribution in [0.3, 0.4) is 0 Å². The van der Waals surface area contributed by atoms with E-state index in [1.54, 1.807) is 0 Å². The highest BCUT2D eigenvalue weighted by molar-refractivity contribution is 5.41. The maximum Gasteiger partial charge on any atom is 0.573 e. The Hall–Kier alpha value is -1.47. The summed E-state index contributed by atoms with van der Waals surface area (Å²) in [6.07, 6.45) is -2.01. The molecule has 0 aliphatic carbocycles. The minimum Gasteiger partial charge on any atom is -0.508 e. The fourth-order valence-electron chi connectivity index (χ4n) is 2.92. The fourth-order valence-corrected chi connectivity index (χ4v) is 2.92. The molecule has 4 nitrogen and oxygen atoms in total. The zero-order valence-corrected chi connectivity index (χ0v) is 13.2. The third kappa shape index (κ3) is 5.28. The lowest BCUT2D eigenvalue weighted by Crippen LogP contribution is -2.45. The molecule has 1 aliphatic rings. The summed E-state index contributed by atoms with van der Waals surface area (Å²) in [7, 11) is 0. The molecule has 0 unspecified atom stereocenters. The van der Waals surface area contributed by atoms with Crippen molar-refractivity contribution in [1.29, 1.82) is 0 Å². The third-order valence-corrected chi connectivity index (χ3v) is 4.02. The lowest BCUT2D eigenvalue weighted by atomic mass is 9.97. The van der Waals surface area contributed by atoms with Crippen molar-refractivity contribution in [3.63, 3.8) is 0 Å². The first-order chi connectivity index (χ1) is 10.9. The molecule has 1 fully saturated rings. The summed E-state index contributed by atoms with van der Waals surface area (Å²) in [6.45, 7) is 5.35. The second kappa shape index (κ2) is 7.88. The number of piperazine rings is 1. The number of benzene rings is 1. The Bertz CT molecular complexity index is 503. The number of hydrogen-bond donors (Lipinski definition) is 2. The molecular weight excluding hydrogens is 309 g/mol. The lowest BCUT2D eigenvalue weighted by Gasteiger charge is -2.35. The van der Waals surface area contributed by atoms with Gasteiger partial charge in [0.15, 0.2) is 0 Å². The summed E-state index contributed by atoms with van der Waals surface area (Å²) >= 11 is 0. The summed E-state index contributed by atoms with van der Waals surface area (Å²) in [4.78, 5) is 2.21. The Morgan fingerprint density at radius 3 is 2.61 bits per heavy atom. The van der Waals surface area contributed by atoms with E-state index in [0.29, 0.717) is 5.56 Å². The summed E-state index contributed by atoms with van der Waals surface area (Å²) in [5.74, 6) is -0.277. The summed E-state index contributed by atoms with van der Waals surface area (Å²) in [6, 6.07) is 3.62. The van der Waals surface area contributed by atoms with Gasteiger partial charge >= 0.3 is 6.36 Å². The van der Waals surface area contributed by atoms with Crippen LogP contribution in [-0.2, 0) is 0 Å². The van der Waals surface area contributed by atoms with Gasteiger partial charge in [-0.3, -0.25) is 4.90 Å². The lowest BCUT2D eigenvalue weighted by molar-refractivity contribution is -0.274. The Balaban J connectivity index is 2.26. The van der Waals surface area contributed by atoms with Crippen LogP contribution in [-0.4, -0.2) is 42.5 Å². The van der Waals surface area contributed by atoms with E-state index < -0.39 is 6.36 Å². The molecule has 0 saturated carbocycles. The molecule has 2 N–H and O–H groups in total. The molecule has 130 valence electrons. The number of phenolic OH excluding ortho intramolecular Hbond substituents is 1. The van der Waals surface area contributed by atoms with Crippen LogP contribution in [0, 0.1) is 0 Å². The van der Waals surface area contributed by atoms with Gasteiger partial charge in [-0.1, -0.05) is 19.8 Å². The van der Waals surface area contributed by atoms with Gasteiger partial charge in [0.25, 0.3) is 0 Å². The van der Waals surface area contributed by atoms with Crippen molar-refractivity contribution in [3.05, 3.63) is 23.8 Å². The minimum absolute atomic E-state index is 0.0131. The Kier molecular flexibility index (Phi) is 6.12. The van der Waals surface area contributed by atoms with Crippen molar-refractivity contribution in [2.24, 2.45) is 0 Å². The number of hydrogen-bond acceptors (Lipinski definition) is 4. The molecule has 23 heavy (non-hydrogen) atoms. The van der Waals surface area contributed by atoms with Gasteiger partial charge in [-0.05, 0) is 24.6 Å². The standard InChI is InChI=1S/C16H23F3N2O2/c1-2-3-4-14(21-9-7-20-8-10-21)13-11-12(5-6-15(13)22)23-16(17,18)19/h5-6,11,14,20,22H,2-4,7-10H2,1H3/t14-/m0/s1. The van der Waals surface area contributed by atoms with Gasteiger partial charge in [0.2, 0.25) is 0 Å². The van der Waals surface area contributed by atoms with Crippen molar-refractivity contribution >= 4 is 0 Å². The van der Waals surface area contributed by atoms with Gasteiger partial charge in [-0.2, -0.15) is 0 Å². The number of nitrogens with one attached hydrogen (secondary N) is 1. The van der Waals surface area contributed by atoms with Gasteiger partial charge in [0.1, 0.15) is 11.5 Å². The maximum atomic E-state index is 12.4. The van der Waals surface area contributed by atoms with Crippen molar-refractivity contribution < 1.29 is 23.0 Å². The van der Waals surface area contributed by atoms with Gasteiger partial charge in [-0.25, -0.2) is 0 Å². The van der Waals surface area contributed by atoms with Crippen LogP contribution in [0.1, 0.15) is 37.8 Å². The van der Waals surface area contributed by atoms with Gasteiger partial charge < -0.3 is 15.2 Å². The van der Waals surface area contributed by atoms with Crippen LogP contribution in [0.5, 0.6) is 11.5 Å². The zero-order chi connectivity index (χ0) is 16.9. The number of nitrogens with zero attached hydrogens (tertiary/aromatic N) is 1. The van der Waals surface area contributed by atoms with Crippen molar-refractivity contribution in [2.45, 2.75) is 38.6 Å².